The van der Waals surface area contributed by atoms with Gasteiger partial charge in [0.2, 0.25) is 0 Å². The van der Waals surface area contributed by atoms with Crippen LogP contribution in [0.15, 0.2) is 53.0 Å². The molecule has 2 aromatic carbocycles. The zero-order chi connectivity index (χ0) is 18.3. The third-order valence-corrected chi connectivity index (χ3v) is 6.44. The molecule has 2 aliphatic heterocycles. The fourth-order valence-corrected chi connectivity index (χ4v) is 4.86. The fourth-order valence-electron chi connectivity index (χ4n) is 3.42. The first kappa shape index (κ1) is 20.3. The molecule has 2 aliphatic rings. The topological polar surface area (TPSA) is 69.6 Å². The van der Waals surface area contributed by atoms with Crippen LogP contribution in [0.25, 0.3) is 0 Å². The lowest BCUT2D eigenvalue weighted by molar-refractivity contribution is -0.656. The molecule has 142 valence electrons. The Labute approximate surface area is 179 Å². The highest BCUT2D eigenvalue weighted by Crippen LogP contribution is 2.38. The maximum Gasteiger partial charge on any atom is 0.316 e. The monoisotopic (exact) mass is 513 g/mol. The van der Waals surface area contributed by atoms with E-state index in [1.807, 2.05) is 28.8 Å². The molecule has 0 aromatic heterocycles. The molecule has 2 heterocycles. The average molecular weight is 515 g/mol. The second kappa shape index (κ2) is 7.90. The van der Waals surface area contributed by atoms with Crippen LogP contribution in [0.4, 0.5) is 11.4 Å². The lowest BCUT2D eigenvalue weighted by atomic mass is 10.0. The number of anilines is 1. The first-order valence-electron chi connectivity index (χ1n) is 8.27. The van der Waals surface area contributed by atoms with Crippen molar-refractivity contribution in [2.24, 2.45) is 0 Å². The van der Waals surface area contributed by atoms with Crippen molar-refractivity contribution >= 4 is 44.2 Å². The number of nitrogens with zero attached hydrogens (tertiary/aromatic N) is 3. The molecule has 0 amide bonds. The van der Waals surface area contributed by atoms with Crippen molar-refractivity contribution in [3.63, 3.8) is 0 Å². The van der Waals surface area contributed by atoms with Gasteiger partial charge >= 0.3 is 5.17 Å². The van der Waals surface area contributed by atoms with Gasteiger partial charge in [0.25, 0.3) is 11.4 Å². The number of rotatable bonds is 3. The molecule has 2 aromatic rings. The first-order chi connectivity index (χ1) is 12.5. The summed E-state index contributed by atoms with van der Waals surface area (Å²) >= 11 is 5.19. The zero-order valence-electron chi connectivity index (χ0n) is 14.2. The number of β-amino-alcohol motifs (C(OH)–C–C–N with tert-alkyl or cyclic N) is 1. The first-order valence-corrected chi connectivity index (χ1v) is 10.0. The zero-order valence-corrected chi connectivity index (χ0v) is 18.2. The van der Waals surface area contributed by atoms with Crippen LogP contribution in [0.2, 0.25) is 0 Å². The SMILES string of the molecule is O=[N+]([O-])c1ccc(C2(O)CN(c3ccc(Br)cc3)C3=[N+]2CCCS3)cc1.[Br-]. The van der Waals surface area contributed by atoms with Crippen molar-refractivity contribution < 1.29 is 31.6 Å². The smallest absolute Gasteiger partial charge is 0.316 e. The van der Waals surface area contributed by atoms with E-state index in [2.05, 4.69) is 20.8 Å². The number of hydrogen-bond donors (Lipinski definition) is 1. The molecular weight excluding hydrogens is 498 g/mol. The lowest BCUT2D eigenvalue weighted by Crippen LogP contribution is -3.00. The molecule has 6 nitrogen and oxygen atoms in total. The van der Waals surface area contributed by atoms with Crippen molar-refractivity contribution in [2.75, 3.05) is 23.7 Å². The van der Waals surface area contributed by atoms with Gasteiger partial charge in [0.05, 0.1) is 11.5 Å². The van der Waals surface area contributed by atoms with Gasteiger partial charge in [-0.25, -0.2) is 9.48 Å². The van der Waals surface area contributed by atoms with Gasteiger partial charge in [-0.2, -0.15) is 0 Å². The highest BCUT2D eigenvalue weighted by Gasteiger charge is 2.53. The summed E-state index contributed by atoms with van der Waals surface area (Å²) < 4.78 is 3.02. The van der Waals surface area contributed by atoms with E-state index in [0.29, 0.717) is 12.1 Å². The Balaban J connectivity index is 0.00000210. The Morgan fingerprint density at radius 2 is 1.85 bits per heavy atom. The molecule has 1 unspecified atom stereocenters. The van der Waals surface area contributed by atoms with Gasteiger partial charge < -0.3 is 22.1 Å². The molecule has 0 saturated carbocycles. The number of aliphatic hydroxyl groups is 1. The predicted octanol–water partition coefficient (Wildman–Crippen LogP) is 0.532. The van der Waals surface area contributed by atoms with Crippen LogP contribution >= 0.6 is 27.7 Å². The summed E-state index contributed by atoms with van der Waals surface area (Å²) in [4.78, 5) is 12.6. The number of thioether (sulfide) groups is 1. The summed E-state index contributed by atoms with van der Waals surface area (Å²) in [5.74, 6) is 1.01. The molecular formula is C18H17Br2N3O3S. The quantitative estimate of drug-likeness (QED) is 0.367. The minimum Gasteiger partial charge on any atom is -1.00 e. The van der Waals surface area contributed by atoms with E-state index in [-0.39, 0.29) is 22.7 Å². The van der Waals surface area contributed by atoms with E-state index >= 15 is 0 Å². The fraction of sp³-hybridized carbons (Fsp3) is 0.278. The molecule has 0 aliphatic carbocycles. The molecule has 0 bridgehead atoms. The van der Waals surface area contributed by atoms with E-state index < -0.39 is 10.6 Å². The minimum atomic E-state index is -1.20. The third-order valence-electron chi connectivity index (χ3n) is 4.72. The minimum absolute atomic E-state index is 0. The van der Waals surface area contributed by atoms with Crippen molar-refractivity contribution in [1.82, 2.24) is 0 Å². The maximum absolute atomic E-state index is 11.5. The van der Waals surface area contributed by atoms with E-state index in [1.165, 1.54) is 12.1 Å². The molecule has 0 spiro atoms. The van der Waals surface area contributed by atoms with Gasteiger partial charge in [-0.1, -0.05) is 15.9 Å². The highest BCUT2D eigenvalue weighted by molar-refractivity contribution is 9.10. The van der Waals surface area contributed by atoms with Crippen molar-refractivity contribution in [1.29, 1.82) is 0 Å². The van der Waals surface area contributed by atoms with Crippen LogP contribution < -0.4 is 21.9 Å². The number of halogens is 2. The van der Waals surface area contributed by atoms with Crippen LogP contribution in [0, 0.1) is 10.1 Å². The van der Waals surface area contributed by atoms with Crippen LogP contribution in [0.5, 0.6) is 0 Å². The molecule has 0 fully saturated rings. The van der Waals surface area contributed by atoms with Gasteiger partial charge in [-0.3, -0.25) is 10.1 Å². The normalized spacial score (nSPS) is 21.6. The average Bonchev–Trinajstić information content (AvgIpc) is 2.97. The highest BCUT2D eigenvalue weighted by atomic mass is 79.9. The largest absolute Gasteiger partial charge is 1.00 e. The lowest BCUT2D eigenvalue weighted by Gasteiger charge is -2.24. The number of benzene rings is 2. The Morgan fingerprint density at radius 3 is 2.48 bits per heavy atom. The second-order valence-corrected chi connectivity index (χ2v) is 8.30. The van der Waals surface area contributed by atoms with Gasteiger partial charge in [0, 0.05) is 27.9 Å². The molecule has 0 radical (unpaired) electrons. The summed E-state index contributed by atoms with van der Waals surface area (Å²) in [5.41, 5.74) is 0.505. The summed E-state index contributed by atoms with van der Waals surface area (Å²) in [7, 11) is 0. The number of nitro groups is 1. The number of non-ortho nitro benzene ring substituents is 1. The summed E-state index contributed by atoms with van der Waals surface area (Å²) in [6.45, 7) is 1.14. The van der Waals surface area contributed by atoms with Crippen LogP contribution in [-0.2, 0) is 5.72 Å². The Hall–Kier alpha value is -1.42. The van der Waals surface area contributed by atoms with Crippen molar-refractivity contribution in [2.45, 2.75) is 12.1 Å². The summed E-state index contributed by atoms with van der Waals surface area (Å²) in [6.07, 6.45) is 0.984. The second-order valence-electron chi connectivity index (χ2n) is 6.32. The van der Waals surface area contributed by atoms with Crippen LogP contribution in [0.1, 0.15) is 12.0 Å². The standard InChI is InChI=1S/C18H17BrN3O3S.BrH/c19-14-4-8-15(9-5-14)20-12-18(23,21-10-1-11-26-17(20)21)13-2-6-16(7-3-13)22(24)25;/h2-9,23H,1,10-12H2;1H/q+1;/p-1. The van der Waals surface area contributed by atoms with Gasteiger partial charge in [-0.05, 0) is 54.6 Å². The van der Waals surface area contributed by atoms with E-state index in [9.17, 15) is 15.2 Å². The Kier molecular flexibility index (Phi) is 5.95. The summed E-state index contributed by atoms with van der Waals surface area (Å²) in [5, 5.41) is 23.5. The van der Waals surface area contributed by atoms with Crippen LogP contribution in [-0.4, -0.2) is 38.6 Å². The van der Waals surface area contributed by atoms with Gasteiger partial charge in [-0.15, -0.1) is 0 Å². The van der Waals surface area contributed by atoms with Crippen molar-refractivity contribution in [3.8, 4) is 0 Å². The Bertz CT molecular complexity index is 890. The molecule has 27 heavy (non-hydrogen) atoms. The van der Waals surface area contributed by atoms with Crippen molar-refractivity contribution in [3.05, 3.63) is 68.7 Å². The molecule has 0 saturated heterocycles. The number of nitro benzene ring substituents is 1. The van der Waals surface area contributed by atoms with E-state index in [1.54, 1.807) is 23.9 Å². The Morgan fingerprint density at radius 1 is 1.19 bits per heavy atom. The molecule has 1 atom stereocenters. The van der Waals surface area contributed by atoms with Crippen LogP contribution in [0.3, 0.4) is 0 Å². The molecule has 4 rings (SSSR count). The summed E-state index contributed by atoms with van der Waals surface area (Å²) in [6, 6.07) is 14.2. The van der Waals surface area contributed by atoms with E-state index in [0.717, 1.165) is 34.0 Å². The molecule has 1 N–H and O–H groups in total. The van der Waals surface area contributed by atoms with Gasteiger partial charge in [0.1, 0.15) is 5.69 Å². The number of hydrogen-bond acceptors (Lipinski definition) is 5. The maximum atomic E-state index is 11.5. The third kappa shape index (κ3) is 3.65. The molecule has 9 heteroatoms. The van der Waals surface area contributed by atoms with E-state index in [4.69, 9.17) is 0 Å². The number of amidine groups is 1. The predicted molar refractivity (Wildman–Crippen MR) is 106 cm³/mol. The van der Waals surface area contributed by atoms with Gasteiger partial charge in [0.15, 0.2) is 6.54 Å².